The van der Waals surface area contributed by atoms with Gasteiger partial charge in [-0.05, 0) is 48.7 Å². The standard InChI is InChI=1S/C24H23Cl2N5O3/c1-3-5-12-24(15-28,16-6-8-17(25)9-7-16)19-11-10-18(13-20(19)26)30-31-21(14-27)22(32)29-23(33)34-4-2/h6-11,13,30H,3-5,12H2,1-2H3,(H,29,32,33). The Morgan fingerprint density at radius 3 is 2.38 bits per heavy atom. The molecular formula is C24H23Cl2N5O3. The molecule has 2 N–H and O–H groups in total. The number of nitrogens with zero attached hydrogens (tertiary/aromatic N) is 3. The molecule has 0 heterocycles. The fraction of sp³-hybridized carbons (Fsp3) is 0.292. The number of nitriles is 2. The van der Waals surface area contributed by atoms with E-state index in [0.29, 0.717) is 27.7 Å². The first-order valence-electron chi connectivity index (χ1n) is 10.5. The van der Waals surface area contributed by atoms with Crippen LogP contribution in [0.3, 0.4) is 0 Å². The number of amides is 2. The van der Waals surface area contributed by atoms with Crippen molar-refractivity contribution in [3.8, 4) is 12.1 Å². The van der Waals surface area contributed by atoms with Crippen LogP contribution in [0.4, 0.5) is 10.5 Å². The number of ether oxygens (including phenoxy) is 1. The molecular weight excluding hydrogens is 477 g/mol. The SMILES string of the molecule is CCCCC(C#N)(c1ccc(Cl)cc1)c1ccc(NN=C(C#N)C(=O)NC(=O)OCC)cc1Cl. The van der Waals surface area contributed by atoms with Crippen molar-refractivity contribution in [2.45, 2.75) is 38.5 Å². The zero-order valence-corrected chi connectivity index (χ0v) is 20.2. The van der Waals surface area contributed by atoms with Crippen molar-refractivity contribution < 1.29 is 14.3 Å². The summed E-state index contributed by atoms with van der Waals surface area (Å²) in [4.78, 5) is 23.3. The van der Waals surface area contributed by atoms with Gasteiger partial charge in [0.2, 0.25) is 5.71 Å². The fourth-order valence-corrected chi connectivity index (χ4v) is 3.76. The van der Waals surface area contributed by atoms with E-state index in [9.17, 15) is 20.1 Å². The van der Waals surface area contributed by atoms with Crippen LogP contribution in [-0.2, 0) is 14.9 Å². The molecule has 34 heavy (non-hydrogen) atoms. The van der Waals surface area contributed by atoms with E-state index in [1.807, 2.05) is 24.4 Å². The van der Waals surface area contributed by atoms with Crippen molar-refractivity contribution in [1.29, 1.82) is 10.5 Å². The number of rotatable bonds is 9. The van der Waals surface area contributed by atoms with Crippen LogP contribution in [0.25, 0.3) is 0 Å². The summed E-state index contributed by atoms with van der Waals surface area (Å²) in [5, 5.41) is 25.9. The predicted octanol–water partition coefficient (Wildman–Crippen LogP) is 5.56. The van der Waals surface area contributed by atoms with Crippen LogP contribution in [0.2, 0.25) is 10.0 Å². The third-order valence-electron chi connectivity index (χ3n) is 4.97. The maximum atomic E-state index is 12.0. The number of carbonyl (C=O) groups is 2. The lowest BCUT2D eigenvalue weighted by molar-refractivity contribution is -0.114. The first-order valence-corrected chi connectivity index (χ1v) is 11.3. The molecule has 0 aliphatic heterocycles. The molecule has 10 heteroatoms. The zero-order valence-electron chi connectivity index (χ0n) is 18.7. The maximum absolute atomic E-state index is 12.0. The lowest BCUT2D eigenvalue weighted by atomic mass is 9.72. The van der Waals surface area contributed by atoms with Gasteiger partial charge in [-0.1, -0.05) is 61.2 Å². The van der Waals surface area contributed by atoms with Gasteiger partial charge in [0.25, 0.3) is 5.91 Å². The van der Waals surface area contributed by atoms with Crippen LogP contribution in [-0.4, -0.2) is 24.3 Å². The number of hydrazone groups is 1. The number of imide groups is 1. The maximum Gasteiger partial charge on any atom is 0.414 e. The van der Waals surface area contributed by atoms with Gasteiger partial charge in [0, 0.05) is 10.0 Å². The summed E-state index contributed by atoms with van der Waals surface area (Å²) in [5.74, 6) is -1.01. The number of carbonyl (C=O) groups excluding carboxylic acids is 2. The highest BCUT2D eigenvalue weighted by molar-refractivity contribution is 6.46. The van der Waals surface area contributed by atoms with Crippen LogP contribution < -0.4 is 10.7 Å². The van der Waals surface area contributed by atoms with Crippen LogP contribution in [0.5, 0.6) is 0 Å². The third kappa shape index (κ3) is 6.48. The molecule has 0 aliphatic carbocycles. The van der Waals surface area contributed by atoms with E-state index in [-0.39, 0.29) is 6.61 Å². The van der Waals surface area contributed by atoms with Crippen LogP contribution in [0.1, 0.15) is 44.2 Å². The molecule has 2 aromatic rings. The number of unbranched alkanes of at least 4 members (excludes halogenated alkanes) is 1. The molecule has 2 aromatic carbocycles. The van der Waals surface area contributed by atoms with Gasteiger partial charge in [0.1, 0.15) is 11.5 Å². The molecule has 0 fully saturated rings. The monoisotopic (exact) mass is 499 g/mol. The minimum Gasteiger partial charge on any atom is -0.450 e. The van der Waals surface area contributed by atoms with Crippen molar-refractivity contribution >= 4 is 46.6 Å². The molecule has 8 nitrogen and oxygen atoms in total. The first kappa shape index (κ1) is 26.7. The summed E-state index contributed by atoms with van der Waals surface area (Å²) in [6.45, 7) is 3.69. The molecule has 0 bridgehead atoms. The van der Waals surface area contributed by atoms with Crippen LogP contribution >= 0.6 is 23.2 Å². The fourth-order valence-electron chi connectivity index (χ4n) is 3.29. The number of anilines is 1. The van der Waals surface area contributed by atoms with Gasteiger partial charge in [-0.15, -0.1) is 0 Å². The molecule has 0 saturated heterocycles. The largest absolute Gasteiger partial charge is 0.450 e. The third-order valence-corrected chi connectivity index (χ3v) is 5.54. The normalized spacial score (nSPS) is 12.6. The molecule has 176 valence electrons. The smallest absolute Gasteiger partial charge is 0.414 e. The van der Waals surface area contributed by atoms with E-state index in [1.165, 1.54) is 0 Å². The van der Waals surface area contributed by atoms with Gasteiger partial charge in [-0.2, -0.15) is 15.6 Å². The summed E-state index contributed by atoms with van der Waals surface area (Å²) < 4.78 is 4.61. The summed E-state index contributed by atoms with van der Waals surface area (Å²) in [6, 6.07) is 16.0. The highest BCUT2D eigenvalue weighted by Crippen LogP contribution is 2.41. The predicted molar refractivity (Wildman–Crippen MR) is 131 cm³/mol. The molecule has 0 radical (unpaired) electrons. The average Bonchev–Trinajstić information content (AvgIpc) is 2.82. The minimum atomic E-state index is -1.01. The Hall–Kier alpha value is -3.59. The second kappa shape index (κ2) is 12.6. The van der Waals surface area contributed by atoms with Gasteiger partial charge in [0.05, 0.1) is 18.4 Å². The molecule has 1 unspecified atom stereocenters. The van der Waals surface area contributed by atoms with Gasteiger partial charge < -0.3 is 4.74 Å². The highest BCUT2D eigenvalue weighted by atomic mass is 35.5. The lowest BCUT2D eigenvalue weighted by Crippen LogP contribution is -2.36. The zero-order chi connectivity index (χ0) is 25.1. The number of benzene rings is 2. The summed E-state index contributed by atoms with van der Waals surface area (Å²) in [6.07, 6.45) is 1.27. The topological polar surface area (TPSA) is 127 Å². The van der Waals surface area contributed by atoms with E-state index in [0.717, 1.165) is 18.4 Å². The Labute approximate surface area is 208 Å². The van der Waals surface area contributed by atoms with Gasteiger partial charge >= 0.3 is 6.09 Å². The van der Waals surface area contributed by atoms with Crippen molar-refractivity contribution in [2.75, 3.05) is 12.0 Å². The second-order valence-corrected chi connectivity index (χ2v) is 8.02. The molecule has 2 rings (SSSR count). The van der Waals surface area contributed by atoms with Crippen LogP contribution in [0.15, 0.2) is 47.6 Å². The van der Waals surface area contributed by atoms with E-state index in [4.69, 9.17) is 23.2 Å². The lowest BCUT2D eigenvalue weighted by Gasteiger charge is -2.29. The Morgan fingerprint density at radius 1 is 1.12 bits per heavy atom. The summed E-state index contributed by atoms with van der Waals surface area (Å²) in [5.41, 5.74) is 2.77. The number of alkyl carbamates (subject to hydrolysis) is 1. The van der Waals surface area contributed by atoms with Crippen molar-refractivity contribution in [2.24, 2.45) is 5.10 Å². The molecule has 0 spiro atoms. The van der Waals surface area contributed by atoms with Gasteiger partial charge in [-0.3, -0.25) is 15.5 Å². The first-order chi connectivity index (χ1) is 16.3. The molecule has 0 aliphatic rings. The number of hydrogen-bond acceptors (Lipinski definition) is 7. The molecule has 0 saturated carbocycles. The van der Waals surface area contributed by atoms with E-state index < -0.39 is 23.1 Å². The van der Waals surface area contributed by atoms with Gasteiger partial charge in [-0.25, -0.2) is 4.79 Å². The Kier molecular flexibility index (Phi) is 9.88. The van der Waals surface area contributed by atoms with Crippen LogP contribution in [0, 0.1) is 22.7 Å². The average molecular weight is 500 g/mol. The second-order valence-electron chi connectivity index (χ2n) is 7.18. The molecule has 2 amide bonds. The van der Waals surface area contributed by atoms with Crippen molar-refractivity contribution in [3.63, 3.8) is 0 Å². The van der Waals surface area contributed by atoms with Gasteiger partial charge in [0.15, 0.2) is 0 Å². The summed E-state index contributed by atoms with van der Waals surface area (Å²) in [7, 11) is 0. The minimum absolute atomic E-state index is 0.0692. The molecule has 1 atom stereocenters. The van der Waals surface area contributed by atoms with Crippen molar-refractivity contribution in [1.82, 2.24) is 5.32 Å². The Morgan fingerprint density at radius 2 is 1.82 bits per heavy atom. The summed E-state index contributed by atoms with van der Waals surface area (Å²) >= 11 is 12.6. The van der Waals surface area contributed by atoms with E-state index >= 15 is 0 Å². The highest BCUT2D eigenvalue weighted by Gasteiger charge is 2.36. The Balaban J connectivity index is 2.36. The van der Waals surface area contributed by atoms with E-state index in [2.05, 4.69) is 21.3 Å². The Bertz CT molecular complexity index is 1150. The quantitative estimate of drug-likeness (QED) is 0.343. The number of nitrogens with one attached hydrogen (secondary N) is 2. The molecule has 0 aromatic heterocycles. The number of halogens is 2. The van der Waals surface area contributed by atoms with E-state index in [1.54, 1.807) is 43.3 Å². The number of hydrogen-bond donors (Lipinski definition) is 2. The van der Waals surface area contributed by atoms with Crippen molar-refractivity contribution in [3.05, 3.63) is 63.6 Å².